The number of nitrogens with two attached hydrogens (primary N) is 1. The number of carbonyl (C=O) groups is 10. The van der Waals surface area contributed by atoms with E-state index in [0.717, 1.165) is 0 Å². The van der Waals surface area contributed by atoms with Crippen LogP contribution < -0.4 is 53.6 Å². The molecule has 0 fully saturated rings. The summed E-state index contributed by atoms with van der Waals surface area (Å²) in [7, 11) is 0. The highest BCUT2D eigenvalue weighted by Crippen LogP contribution is 2.13. The lowest BCUT2D eigenvalue weighted by molar-refractivity contribution is -0.144. The number of carbonyl (C=O) groups excluding carboxylic acids is 9. The summed E-state index contributed by atoms with van der Waals surface area (Å²) in [5, 5.41) is 52.8. The Morgan fingerprint density at radius 2 is 0.708 bits per heavy atom. The second-order valence-electron chi connectivity index (χ2n) is 21.0. The van der Waals surface area contributed by atoms with E-state index in [9.17, 15) is 63.3 Å². The normalized spacial score (nSPS) is 16.2. The predicted octanol–water partition coefficient (Wildman–Crippen LogP) is -1.03. The number of rotatable bonds is 33. The van der Waals surface area contributed by atoms with Crippen molar-refractivity contribution in [1.29, 1.82) is 0 Å². The number of nitrogens with one attached hydrogen (secondary N) is 9. The van der Waals surface area contributed by atoms with E-state index in [2.05, 4.69) is 60.5 Å². The van der Waals surface area contributed by atoms with Gasteiger partial charge in [-0.1, -0.05) is 83.1 Å². The maximum atomic E-state index is 13.9. The van der Waals surface area contributed by atoms with Gasteiger partial charge in [0.05, 0.1) is 18.8 Å². The van der Waals surface area contributed by atoms with Gasteiger partial charge >= 0.3 is 5.97 Å². The van der Waals surface area contributed by atoms with Crippen LogP contribution in [0.4, 0.5) is 0 Å². The first-order chi connectivity index (χ1) is 33.3. The molecule has 72 heavy (non-hydrogen) atoms. The highest BCUT2D eigenvalue weighted by Gasteiger charge is 2.36. The average Bonchev–Trinajstić information content (AvgIpc) is 3.25. The Labute approximate surface area is 430 Å². The average molecular weight is 1050 g/mol. The second kappa shape index (κ2) is 32.9. The summed E-state index contributed by atoms with van der Waals surface area (Å²) in [5.41, 5.74) is 6.05. The van der Waals surface area contributed by atoms with Crippen molar-refractivity contribution in [3.63, 3.8) is 0 Å². The lowest BCUT2D eigenvalue weighted by atomic mass is 9.99. The molecule has 0 rings (SSSR count). The molecule has 0 aromatic carbocycles. The maximum Gasteiger partial charge on any atom is 0.326 e. The van der Waals surface area contributed by atoms with E-state index < -0.39 is 138 Å². The third-order valence-corrected chi connectivity index (χ3v) is 11.5. The minimum Gasteiger partial charge on any atom is -0.480 e. The molecule has 0 heterocycles. The van der Waals surface area contributed by atoms with E-state index in [1.807, 2.05) is 41.5 Å². The van der Waals surface area contributed by atoms with E-state index in [0.29, 0.717) is 6.42 Å². The van der Waals surface area contributed by atoms with Crippen LogP contribution in [0.1, 0.15) is 129 Å². The zero-order valence-corrected chi connectivity index (χ0v) is 45.6. The molecule has 0 radical (unpaired) electrons. The van der Waals surface area contributed by atoms with Gasteiger partial charge in [0.2, 0.25) is 53.2 Å². The van der Waals surface area contributed by atoms with Gasteiger partial charge in [-0.2, -0.15) is 12.6 Å². The van der Waals surface area contributed by atoms with Gasteiger partial charge in [-0.05, 0) is 81.5 Å². The number of hydrogen-bond donors (Lipinski definition) is 14. The van der Waals surface area contributed by atoms with E-state index in [-0.39, 0.29) is 61.0 Å². The Morgan fingerprint density at radius 1 is 0.403 bits per heavy atom. The molecule has 0 saturated carbocycles. The van der Waals surface area contributed by atoms with Crippen LogP contribution in [0.3, 0.4) is 0 Å². The fraction of sp³-hybridized carbons (Fsp3) is 0.792. The molecule has 0 saturated heterocycles. The Bertz CT molecular complexity index is 1820. The molecule has 9 amide bonds. The van der Waals surface area contributed by atoms with E-state index in [4.69, 9.17) is 5.73 Å². The highest BCUT2D eigenvalue weighted by atomic mass is 32.1. The minimum atomic E-state index is -1.66. The molecule has 0 aliphatic carbocycles. The molecule has 0 aromatic rings. The van der Waals surface area contributed by atoms with Gasteiger partial charge in [0.15, 0.2) is 0 Å². The molecular formula is C48H88N10O13S. The van der Waals surface area contributed by atoms with Crippen LogP contribution in [-0.4, -0.2) is 153 Å². The summed E-state index contributed by atoms with van der Waals surface area (Å²) in [5.74, 6) is -9.91. The van der Waals surface area contributed by atoms with Gasteiger partial charge in [0, 0.05) is 5.75 Å². The van der Waals surface area contributed by atoms with Gasteiger partial charge < -0.3 is 68.9 Å². The van der Waals surface area contributed by atoms with Gasteiger partial charge in [-0.25, -0.2) is 4.79 Å². The Balaban J connectivity index is 6.19. The summed E-state index contributed by atoms with van der Waals surface area (Å²) in [6, 6.07) is -12.9. The van der Waals surface area contributed by atoms with Crippen LogP contribution >= 0.6 is 12.6 Å². The summed E-state index contributed by atoms with van der Waals surface area (Å²) < 4.78 is 0. The van der Waals surface area contributed by atoms with Crippen LogP contribution in [0.15, 0.2) is 0 Å². The number of hydrogen-bond acceptors (Lipinski definition) is 14. The van der Waals surface area contributed by atoms with Gasteiger partial charge in [0.1, 0.15) is 54.4 Å². The van der Waals surface area contributed by atoms with E-state index >= 15 is 0 Å². The summed E-state index contributed by atoms with van der Waals surface area (Å²) in [6.45, 7) is 23.0. The topological polar surface area (TPSA) is 366 Å². The van der Waals surface area contributed by atoms with Gasteiger partial charge in [-0.3, -0.25) is 43.2 Å². The van der Waals surface area contributed by atoms with Crippen LogP contribution in [0.5, 0.6) is 0 Å². The minimum absolute atomic E-state index is 0.00947. The molecule has 0 aromatic heterocycles. The Hall–Kier alpha value is -5.07. The van der Waals surface area contributed by atoms with Crippen molar-refractivity contribution < 1.29 is 63.3 Å². The monoisotopic (exact) mass is 1040 g/mol. The summed E-state index contributed by atoms with van der Waals surface area (Å²) in [6.07, 6.45) is -0.637. The second-order valence-corrected chi connectivity index (χ2v) is 21.4. The fourth-order valence-electron chi connectivity index (χ4n) is 7.27. The standard InChI is InChI=1S/C48H88N10O13S/c1-22(2)15-30(49)40(62)52-31(16-23(3)4)41(63)50-28(13)39(61)51-32(17-24(5)6)42(64)53-33(18-25(7)8)43(65)55-35(20-59)45(67)56-36(21-72)46(68)54-34(19-26(9)10)44(66)58-38(29(14)60)47(69)57-37(27(11)12)48(70)71/h22-38,59-60,72H,15-21,49H2,1-14H3,(H,50,63)(H,51,61)(H,52,62)(H,53,64)(H,54,68)(H,55,65)(H,56,67)(H,57,69)(H,58,66)(H,70,71)/t28-,29+,30-,31-,32-,33-,34-,35-,36-,37-,38-/m0/s1. The highest BCUT2D eigenvalue weighted by molar-refractivity contribution is 7.80. The van der Waals surface area contributed by atoms with E-state index in [1.54, 1.807) is 41.5 Å². The number of carboxylic acid groups (broad SMARTS) is 1. The fourth-order valence-corrected chi connectivity index (χ4v) is 7.53. The number of thiol groups is 1. The number of carboxylic acids is 1. The summed E-state index contributed by atoms with van der Waals surface area (Å²) >= 11 is 4.19. The zero-order chi connectivity index (χ0) is 55.9. The first-order valence-electron chi connectivity index (χ1n) is 24.9. The van der Waals surface area contributed by atoms with Crippen LogP contribution in [-0.2, 0) is 47.9 Å². The van der Waals surface area contributed by atoms with Crippen LogP contribution in [0.2, 0.25) is 0 Å². The maximum absolute atomic E-state index is 13.9. The van der Waals surface area contributed by atoms with Crippen LogP contribution in [0.25, 0.3) is 0 Å². The van der Waals surface area contributed by atoms with Crippen molar-refractivity contribution >= 4 is 71.8 Å². The van der Waals surface area contributed by atoms with Crippen molar-refractivity contribution in [2.24, 2.45) is 41.2 Å². The zero-order valence-electron chi connectivity index (χ0n) is 44.7. The predicted molar refractivity (Wildman–Crippen MR) is 273 cm³/mol. The molecule has 11 atom stereocenters. The molecule has 0 spiro atoms. The molecule has 414 valence electrons. The molecule has 0 aliphatic rings. The molecular weight excluding hydrogens is 957 g/mol. The quantitative estimate of drug-likeness (QED) is 0.0350. The number of aliphatic hydroxyl groups excluding tert-OH is 2. The smallest absolute Gasteiger partial charge is 0.326 e. The van der Waals surface area contributed by atoms with E-state index in [1.165, 1.54) is 13.8 Å². The number of amides is 9. The van der Waals surface area contributed by atoms with Crippen molar-refractivity contribution in [3.8, 4) is 0 Å². The molecule has 0 bridgehead atoms. The third-order valence-electron chi connectivity index (χ3n) is 11.1. The number of aliphatic hydroxyl groups is 2. The Morgan fingerprint density at radius 3 is 1.06 bits per heavy atom. The van der Waals surface area contributed by atoms with Gasteiger partial charge in [0.25, 0.3) is 0 Å². The molecule has 14 N–H and O–H groups in total. The first-order valence-corrected chi connectivity index (χ1v) is 25.5. The molecule has 0 aliphatic heterocycles. The third kappa shape index (κ3) is 25.0. The van der Waals surface area contributed by atoms with Crippen molar-refractivity contribution in [2.45, 2.75) is 196 Å². The van der Waals surface area contributed by atoms with Gasteiger partial charge in [-0.15, -0.1) is 0 Å². The lowest BCUT2D eigenvalue weighted by Gasteiger charge is -2.29. The lowest BCUT2D eigenvalue weighted by Crippen LogP contribution is -2.62. The molecule has 0 unspecified atom stereocenters. The van der Waals surface area contributed by atoms with Crippen LogP contribution in [0, 0.1) is 35.5 Å². The largest absolute Gasteiger partial charge is 0.480 e. The SMILES string of the molecule is CC(C)C[C@H](NC(=O)[C@H](C)NC(=O)[C@H](CC(C)C)NC(=O)[C@@H](N)CC(C)C)C(=O)N[C@@H](CC(C)C)C(=O)N[C@@H](CO)C(=O)N[C@@H](CS)C(=O)N[C@@H](CC(C)C)C(=O)N[C@H](C(=O)N[C@H](C(=O)O)C(C)C)[C@@H](C)O. The number of aliphatic carboxylic acids is 1. The molecule has 24 heteroatoms. The van der Waals surface area contributed by atoms with Crippen molar-refractivity contribution in [2.75, 3.05) is 12.4 Å². The van der Waals surface area contributed by atoms with Crippen molar-refractivity contribution in [1.82, 2.24) is 47.9 Å². The Kier molecular flexibility index (Phi) is 30.6. The van der Waals surface area contributed by atoms with Crippen molar-refractivity contribution in [3.05, 3.63) is 0 Å². The summed E-state index contributed by atoms with van der Waals surface area (Å²) in [4.78, 5) is 133. The molecule has 23 nitrogen and oxygen atoms in total. The first kappa shape index (κ1) is 66.9.